The Morgan fingerprint density at radius 1 is 1.02 bits per heavy atom. The number of carbonyl (C=O) groups is 4. The summed E-state index contributed by atoms with van der Waals surface area (Å²) in [5.41, 5.74) is 7.18. The number of methoxy groups -OCH3 is 1. The van der Waals surface area contributed by atoms with E-state index in [0.29, 0.717) is 23.4 Å². The summed E-state index contributed by atoms with van der Waals surface area (Å²) >= 11 is 0. The van der Waals surface area contributed by atoms with Gasteiger partial charge < -0.3 is 24.8 Å². The molecule has 2 amide bonds. The van der Waals surface area contributed by atoms with Crippen molar-refractivity contribution in [1.29, 1.82) is 0 Å². The molecule has 10 heteroatoms. The zero-order valence-electron chi connectivity index (χ0n) is 24.0. The minimum absolute atomic E-state index is 0.0302. The van der Waals surface area contributed by atoms with Gasteiger partial charge in [0.05, 0.1) is 13.7 Å². The van der Waals surface area contributed by atoms with Gasteiger partial charge in [-0.2, -0.15) is 0 Å². The fourth-order valence-corrected chi connectivity index (χ4v) is 4.24. The molecule has 0 fully saturated rings. The molecular weight excluding hydrogens is 514 g/mol. The van der Waals surface area contributed by atoms with Crippen LogP contribution >= 0.6 is 0 Å². The highest BCUT2D eigenvalue weighted by atomic mass is 16.6. The van der Waals surface area contributed by atoms with Crippen LogP contribution in [0.4, 0.5) is 0 Å². The number of nitrogens with two attached hydrogens (primary N) is 1. The average molecular weight is 554 g/mol. The lowest BCUT2D eigenvalue weighted by Crippen LogP contribution is -2.49. The predicted octanol–water partition coefficient (Wildman–Crippen LogP) is 3.24. The Balaban J connectivity index is 1.62. The Labute approximate surface area is 235 Å². The Morgan fingerprint density at radius 3 is 2.27 bits per heavy atom. The number of nitrogens with zero attached hydrogens (tertiary/aromatic N) is 1. The third-order valence-electron chi connectivity index (χ3n) is 6.57. The Kier molecular flexibility index (Phi) is 9.57. The summed E-state index contributed by atoms with van der Waals surface area (Å²) in [7, 11) is 1.26. The van der Waals surface area contributed by atoms with Crippen LogP contribution < -0.4 is 15.8 Å². The molecule has 0 saturated carbocycles. The number of nitrogens with one attached hydrogen (secondary N) is 1. The van der Waals surface area contributed by atoms with Crippen molar-refractivity contribution in [3.8, 4) is 5.75 Å². The van der Waals surface area contributed by atoms with Crippen LogP contribution in [0.25, 0.3) is 0 Å². The molecule has 0 bridgehead atoms. The number of carbonyl (C=O) groups excluding carboxylic acids is 4. The van der Waals surface area contributed by atoms with E-state index >= 15 is 0 Å². The van der Waals surface area contributed by atoms with Gasteiger partial charge in [-0.3, -0.25) is 24.5 Å². The van der Waals surface area contributed by atoms with E-state index in [4.69, 9.17) is 15.2 Å². The maximum Gasteiger partial charge on any atom is 0.326 e. The normalized spacial score (nSPS) is 13.9. The minimum atomic E-state index is -0.937. The maximum atomic E-state index is 13.1. The van der Waals surface area contributed by atoms with Crippen molar-refractivity contribution in [1.82, 2.24) is 10.2 Å². The van der Waals surface area contributed by atoms with E-state index in [-0.39, 0.29) is 37.9 Å². The molecule has 0 spiro atoms. The summed E-state index contributed by atoms with van der Waals surface area (Å²) < 4.78 is 16.2. The number of hydrogen-bond acceptors (Lipinski definition) is 8. The Hall–Kier alpha value is -3.92. The molecule has 1 aliphatic heterocycles. The molecule has 216 valence electrons. The lowest BCUT2D eigenvalue weighted by Gasteiger charge is -2.29. The van der Waals surface area contributed by atoms with Crippen LogP contribution in [0.3, 0.4) is 0 Å². The lowest BCUT2D eigenvalue weighted by molar-refractivity contribution is -0.161. The first-order valence-electron chi connectivity index (χ1n) is 13.2. The molecule has 2 aromatic carbocycles. The smallest absolute Gasteiger partial charge is 0.326 e. The fraction of sp³-hybridized carbons (Fsp3) is 0.467. The van der Waals surface area contributed by atoms with Gasteiger partial charge in [0, 0.05) is 24.1 Å². The summed E-state index contributed by atoms with van der Waals surface area (Å²) in [6.45, 7) is 9.99. The quantitative estimate of drug-likeness (QED) is 0.382. The fourth-order valence-electron chi connectivity index (χ4n) is 4.24. The number of amides is 2. The van der Waals surface area contributed by atoms with Crippen molar-refractivity contribution >= 4 is 23.8 Å². The third kappa shape index (κ3) is 7.81. The summed E-state index contributed by atoms with van der Waals surface area (Å²) in [6, 6.07) is 12.0. The van der Waals surface area contributed by atoms with E-state index in [1.165, 1.54) is 12.0 Å². The van der Waals surface area contributed by atoms with Gasteiger partial charge in [-0.15, -0.1) is 0 Å². The van der Waals surface area contributed by atoms with E-state index < -0.39 is 29.1 Å². The highest BCUT2D eigenvalue weighted by Crippen LogP contribution is 2.33. The molecule has 1 atom stereocenters. The molecule has 10 nitrogen and oxygen atoms in total. The van der Waals surface area contributed by atoms with Crippen molar-refractivity contribution in [3.05, 3.63) is 64.7 Å². The molecule has 0 saturated heterocycles. The average Bonchev–Trinajstić information content (AvgIpc) is 3.22. The number of benzene rings is 2. The number of hydrogen-bond donors (Lipinski definition) is 2. The van der Waals surface area contributed by atoms with Crippen LogP contribution in [0.1, 0.15) is 74.5 Å². The molecule has 3 N–H and O–H groups in total. The molecule has 0 aliphatic carbocycles. The lowest BCUT2D eigenvalue weighted by atomic mass is 10.0. The predicted molar refractivity (Wildman–Crippen MR) is 148 cm³/mol. The van der Waals surface area contributed by atoms with Crippen LogP contribution in [-0.2, 0) is 43.6 Å². The zero-order valence-corrected chi connectivity index (χ0v) is 24.0. The highest BCUT2D eigenvalue weighted by molar-refractivity contribution is 6.01. The van der Waals surface area contributed by atoms with Gasteiger partial charge >= 0.3 is 11.9 Å². The number of ether oxygens (including phenoxy) is 3. The molecule has 0 aromatic heterocycles. The molecule has 40 heavy (non-hydrogen) atoms. The second-order valence-electron chi connectivity index (χ2n) is 11.3. The van der Waals surface area contributed by atoms with Crippen molar-refractivity contribution in [3.63, 3.8) is 0 Å². The Bertz CT molecular complexity index is 1250. The summed E-state index contributed by atoms with van der Waals surface area (Å²) in [4.78, 5) is 50.6. The van der Waals surface area contributed by atoms with E-state index in [1.54, 1.807) is 32.0 Å². The van der Waals surface area contributed by atoms with E-state index in [1.807, 2.05) is 45.0 Å². The SMILES string of the molecule is COC(=O)CCC(C(N)=O)N1Cc2c(OCc3ccc(CNC(C)(C)C(=O)OC(C)(C)C)cc3)cccc2C1=O. The van der Waals surface area contributed by atoms with Gasteiger partial charge in [-0.05, 0) is 64.3 Å². The van der Waals surface area contributed by atoms with E-state index in [0.717, 1.165) is 11.1 Å². The van der Waals surface area contributed by atoms with Crippen LogP contribution in [0.15, 0.2) is 42.5 Å². The summed E-state index contributed by atoms with van der Waals surface area (Å²) in [5.74, 6) is -1.28. The van der Waals surface area contributed by atoms with Crippen LogP contribution in [0.5, 0.6) is 5.75 Å². The number of esters is 2. The monoisotopic (exact) mass is 553 g/mol. The van der Waals surface area contributed by atoms with Gasteiger partial charge in [0.15, 0.2) is 0 Å². The number of fused-ring (bicyclic) bond motifs is 1. The van der Waals surface area contributed by atoms with Crippen LogP contribution in [0, 0.1) is 0 Å². The number of primary amides is 1. The highest BCUT2D eigenvalue weighted by Gasteiger charge is 2.37. The van der Waals surface area contributed by atoms with Crippen LogP contribution in [-0.4, -0.2) is 52.9 Å². The zero-order chi connectivity index (χ0) is 29.7. The summed E-state index contributed by atoms with van der Waals surface area (Å²) in [6.07, 6.45) is 0.0473. The molecule has 1 aliphatic rings. The third-order valence-corrected chi connectivity index (χ3v) is 6.57. The topological polar surface area (TPSA) is 137 Å². The van der Waals surface area contributed by atoms with Gasteiger partial charge in [-0.1, -0.05) is 30.3 Å². The van der Waals surface area contributed by atoms with Gasteiger partial charge in [0.1, 0.15) is 29.5 Å². The van der Waals surface area contributed by atoms with E-state index in [2.05, 4.69) is 10.1 Å². The first kappa shape index (κ1) is 30.6. The standard InChI is InChI=1S/C30H39N3O7/c1-29(2,3)40-28(37)30(4,5)32-16-19-10-12-20(13-11-19)18-39-24-9-7-8-21-22(24)17-33(27(21)36)23(26(31)35)14-15-25(34)38-6/h7-13,23,32H,14-18H2,1-6H3,(H2,31,35). The largest absolute Gasteiger partial charge is 0.489 e. The van der Waals surface area contributed by atoms with Crippen LogP contribution in [0.2, 0.25) is 0 Å². The van der Waals surface area contributed by atoms with Gasteiger partial charge in [0.25, 0.3) is 5.91 Å². The van der Waals surface area contributed by atoms with Crippen molar-refractivity contribution < 1.29 is 33.4 Å². The number of rotatable bonds is 12. The second-order valence-corrected chi connectivity index (χ2v) is 11.3. The molecular formula is C30H39N3O7. The molecule has 2 aromatic rings. The van der Waals surface area contributed by atoms with Gasteiger partial charge in [0.2, 0.25) is 5.91 Å². The maximum absolute atomic E-state index is 13.1. The minimum Gasteiger partial charge on any atom is -0.489 e. The molecule has 1 heterocycles. The molecule has 3 rings (SSSR count). The van der Waals surface area contributed by atoms with Crippen molar-refractivity contribution in [2.45, 2.75) is 84.3 Å². The summed E-state index contributed by atoms with van der Waals surface area (Å²) in [5, 5.41) is 3.25. The van der Waals surface area contributed by atoms with Crippen molar-refractivity contribution in [2.24, 2.45) is 5.73 Å². The van der Waals surface area contributed by atoms with E-state index in [9.17, 15) is 19.2 Å². The first-order chi connectivity index (χ1) is 18.7. The van der Waals surface area contributed by atoms with Gasteiger partial charge in [-0.25, -0.2) is 0 Å². The van der Waals surface area contributed by atoms with Crippen molar-refractivity contribution in [2.75, 3.05) is 7.11 Å². The Morgan fingerprint density at radius 2 is 1.68 bits per heavy atom. The first-order valence-corrected chi connectivity index (χ1v) is 13.2. The molecule has 1 unspecified atom stereocenters. The second kappa shape index (κ2) is 12.5. The molecule has 0 radical (unpaired) electrons.